The van der Waals surface area contributed by atoms with Gasteiger partial charge in [0.15, 0.2) is 6.61 Å². The van der Waals surface area contributed by atoms with Crippen molar-refractivity contribution in [2.24, 2.45) is 0 Å². The number of amides is 1. The van der Waals surface area contributed by atoms with Gasteiger partial charge < -0.3 is 9.64 Å². The van der Waals surface area contributed by atoms with Crippen LogP contribution in [0.2, 0.25) is 0 Å². The second-order valence-corrected chi connectivity index (χ2v) is 6.91. The molecule has 2 aromatic carbocycles. The number of nitrogens with zero attached hydrogens (tertiary/aromatic N) is 1. The van der Waals surface area contributed by atoms with Gasteiger partial charge in [-0.2, -0.15) is 0 Å². The molecule has 0 saturated heterocycles. The molecule has 0 aliphatic heterocycles. The summed E-state index contributed by atoms with van der Waals surface area (Å²) < 4.78 is 30.0. The lowest BCUT2D eigenvalue weighted by atomic mass is 10.2. The Bertz CT molecular complexity index is 825. The first kappa shape index (κ1) is 19.8. The zero-order valence-electron chi connectivity index (χ0n) is 14.6. The maximum absolute atomic E-state index is 13.3. The van der Waals surface area contributed by atoms with E-state index in [-0.39, 0.29) is 23.8 Å². The molecule has 1 atom stereocenters. The fourth-order valence-electron chi connectivity index (χ4n) is 2.41. The number of carbonyl (C=O) groups excluding carboxylic acids is 2. The van der Waals surface area contributed by atoms with Crippen LogP contribution in [0.3, 0.4) is 0 Å². The van der Waals surface area contributed by atoms with E-state index < -0.39 is 23.4 Å². The molecular weight excluding hydrogens is 357 g/mol. The van der Waals surface area contributed by atoms with Gasteiger partial charge in [0.05, 0.1) is 21.3 Å². The Kier molecular flexibility index (Phi) is 7.03. The highest BCUT2D eigenvalue weighted by Gasteiger charge is 2.18. The topological polar surface area (TPSA) is 63.7 Å². The fourth-order valence-corrected chi connectivity index (χ4v) is 3.15. The molecule has 1 amide bonds. The van der Waals surface area contributed by atoms with Crippen molar-refractivity contribution in [3.05, 3.63) is 65.5 Å². The van der Waals surface area contributed by atoms with Crippen LogP contribution in [0.4, 0.5) is 4.39 Å². The maximum Gasteiger partial charge on any atom is 0.339 e. The number of esters is 1. The molecule has 0 unspecified atom stereocenters. The zero-order valence-corrected chi connectivity index (χ0v) is 15.4. The van der Waals surface area contributed by atoms with Gasteiger partial charge in [0.1, 0.15) is 5.82 Å². The smallest absolute Gasteiger partial charge is 0.339 e. The van der Waals surface area contributed by atoms with Crippen molar-refractivity contribution in [3.8, 4) is 0 Å². The summed E-state index contributed by atoms with van der Waals surface area (Å²) in [7, 11) is -1.35. The number of ether oxygens (including phenoxy) is 1. The number of carbonyl (C=O) groups is 2. The molecule has 2 rings (SSSR count). The number of halogens is 1. The van der Waals surface area contributed by atoms with E-state index in [0.717, 1.165) is 0 Å². The van der Waals surface area contributed by atoms with E-state index in [1.165, 1.54) is 29.4 Å². The van der Waals surface area contributed by atoms with Gasteiger partial charge in [0.2, 0.25) is 0 Å². The van der Waals surface area contributed by atoms with E-state index in [2.05, 4.69) is 0 Å². The maximum atomic E-state index is 13.3. The number of rotatable bonds is 7. The Morgan fingerprint density at radius 1 is 1.15 bits per heavy atom. The number of hydrogen-bond donors (Lipinski definition) is 0. The predicted octanol–water partition coefficient (Wildman–Crippen LogP) is 2.77. The molecule has 0 bridgehead atoms. The van der Waals surface area contributed by atoms with Crippen LogP contribution in [-0.4, -0.2) is 40.4 Å². The molecule has 0 heterocycles. The summed E-state index contributed by atoms with van der Waals surface area (Å²) in [4.78, 5) is 26.3. The van der Waals surface area contributed by atoms with Crippen molar-refractivity contribution in [1.29, 1.82) is 0 Å². The second-order valence-electron chi connectivity index (χ2n) is 5.56. The minimum absolute atomic E-state index is 0.175. The first-order valence-corrected chi connectivity index (χ1v) is 9.60. The molecule has 138 valence electrons. The summed E-state index contributed by atoms with van der Waals surface area (Å²) in [5.41, 5.74) is 0.826. The molecule has 0 spiro atoms. The van der Waals surface area contributed by atoms with Gasteiger partial charge in [-0.15, -0.1) is 0 Å². The molecule has 0 fully saturated rings. The lowest BCUT2D eigenvalue weighted by Gasteiger charge is -2.21. The summed E-state index contributed by atoms with van der Waals surface area (Å²) in [5, 5.41) is 0. The molecule has 7 heteroatoms. The number of likely N-dealkylation sites (N-methyl/N-ethyl adjacent to an activating group) is 1. The van der Waals surface area contributed by atoms with E-state index in [1.54, 1.807) is 37.3 Å². The van der Waals surface area contributed by atoms with Gasteiger partial charge in [-0.25, -0.2) is 9.18 Å². The summed E-state index contributed by atoms with van der Waals surface area (Å²) in [6.45, 7) is 1.96. The molecule has 0 aliphatic carbocycles. The average molecular weight is 377 g/mol. The summed E-state index contributed by atoms with van der Waals surface area (Å²) in [6.07, 6.45) is 1.47. The second kappa shape index (κ2) is 9.24. The Morgan fingerprint density at radius 3 is 2.54 bits per heavy atom. The molecule has 0 saturated carbocycles. The molecule has 2 aromatic rings. The molecule has 0 aromatic heterocycles. The standard InChI is InChI=1S/C19H20FNO4S/c1-3-21(12-14-7-6-8-15(20)11-14)18(22)13-25-19(23)16-9-4-5-10-17(16)26(2)24/h4-11H,3,12-13H2,1-2H3/t26-/m1/s1. The first-order valence-electron chi connectivity index (χ1n) is 8.04. The first-order chi connectivity index (χ1) is 12.4. The summed E-state index contributed by atoms with van der Waals surface area (Å²) >= 11 is 0. The Balaban J connectivity index is 2.00. The van der Waals surface area contributed by atoms with Gasteiger partial charge in [-0.1, -0.05) is 24.3 Å². The molecule has 0 radical (unpaired) electrons. The molecule has 0 N–H and O–H groups in total. The SMILES string of the molecule is CCN(Cc1cccc(F)c1)C(=O)COC(=O)c1ccccc1[S@@](C)=O. The Hall–Kier alpha value is -2.54. The minimum Gasteiger partial charge on any atom is -0.452 e. The van der Waals surface area contributed by atoms with E-state index in [1.807, 2.05) is 0 Å². The van der Waals surface area contributed by atoms with Gasteiger partial charge in [-0.3, -0.25) is 9.00 Å². The molecular formula is C19H20FNO4S. The van der Waals surface area contributed by atoms with Crippen LogP contribution in [0.5, 0.6) is 0 Å². The van der Waals surface area contributed by atoms with Crippen LogP contribution in [0.15, 0.2) is 53.4 Å². The van der Waals surface area contributed by atoms with Crippen LogP contribution in [0.25, 0.3) is 0 Å². The lowest BCUT2D eigenvalue weighted by molar-refractivity contribution is -0.134. The largest absolute Gasteiger partial charge is 0.452 e. The number of hydrogen-bond acceptors (Lipinski definition) is 4. The van der Waals surface area contributed by atoms with Gasteiger partial charge in [-0.05, 0) is 36.8 Å². The third-order valence-electron chi connectivity index (χ3n) is 3.74. The van der Waals surface area contributed by atoms with Gasteiger partial charge in [0.25, 0.3) is 5.91 Å². The summed E-state index contributed by atoms with van der Waals surface area (Å²) in [6, 6.07) is 12.4. The molecule has 26 heavy (non-hydrogen) atoms. The van der Waals surface area contributed by atoms with Crippen LogP contribution >= 0.6 is 0 Å². The van der Waals surface area contributed by atoms with Gasteiger partial charge in [0, 0.05) is 19.3 Å². The van der Waals surface area contributed by atoms with E-state index in [4.69, 9.17) is 4.74 Å². The highest BCUT2D eigenvalue weighted by Crippen LogP contribution is 2.14. The van der Waals surface area contributed by atoms with E-state index in [0.29, 0.717) is 17.0 Å². The van der Waals surface area contributed by atoms with Crippen molar-refractivity contribution in [3.63, 3.8) is 0 Å². The van der Waals surface area contributed by atoms with Crippen molar-refractivity contribution in [1.82, 2.24) is 4.90 Å². The fraction of sp³-hybridized carbons (Fsp3) is 0.263. The van der Waals surface area contributed by atoms with Gasteiger partial charge >= 0.3 is 5.97 Å². The van der Waals surface area contributed by atoms with Crippen LogP contribution in [0, 0.1) is 5.82 Å². The zero-order chi connectivity index (χ0) is 19.1. The van der Waals surface area contributed by atoms with Crippen molar-refractivity contribution in [2.75, 3.05) is 19.4 Å². The van der Waals surface area contributed by atoms with Crippen LogP contribution in [0.1, 0.15) is 22.8 Å². The highest BCUT2D eigenvalue weighted by molar-refractivity contribution is 7.84. The van der Waals surface area contributed by atoms with Crippen LogP contribution < -0.4 is 0 Å². The monoisotopic (exact) mass is 377 g/mol. The predicted molar refractivity (Wildman–Crippen MR) is 96.5 cm³/mol. The minimum atomic E-state index is -1.35. The third-order valence-corrected chi connectivity index (χ3v) is 4.72. The normalized spacial score (nSPS) is 11.7. The molecule has 0 aliphatic rings. The van der Waals surface area contributed by atoms with Crippen molar-refractivity contribution < 1.29 is 22.9 Å². The van der Waals surface area contributed by atoms with Crippen molar-refractivity contribution >= 4 is 22.7 Å². The van der Waals surface area contributed by atoms with E-state index >= 15 is 0 Å². The van der Waals surface area contributed by atoms with Crippen molar-refractivity contribution in [2.45, 2.75) is 18.4 Å². The van der Waals surface area contributed by atoms with Crippen LogP contribution in [-0.2, 0) is 26.9 Å². The quantitative estimate of drug-likeness (QED) is 0.696. The average Bonchev–Trinajstić information content (AvgIpc) is 2.63. The third kappa shape index (κ3) is 5.23. The lowest BCUT2D eigenvalue weighted by Crippen LogP contribution is -2.34. The highest BCUT2D eigenvalue weighted by atomic mass is 32.2. The Labute approximate surface area is 154 Å². The Morgan fingerprint density at radius 2 is 1.88 bits per heavy atom. The van der Waals surface area contributed by atoms with E-state index in [9.17, 15) is 18.2 Å². The number of benzene rings is 2. The summed E-state index contributed by atoms with van der Waals surface area (Å²) in [5.74, 6) is -1.47. The molecule has 5 nitrogen and oxygen atoms in total.